The second kappa shape index (κ2) is 5.10. The molecular formula is C13H20F2N2. The molecule has 1 unspecified atom stereocenters. The van der Waals surface area contributed by atoms with Gasteiger partial charge in [-0.05, 0) is 52.7 Å². The molecule has 0 amide bonds. The fourth-order valence-electron chi connectivity index (χ4n) is 1.88. The first-order valence-electron chi connectivity index (χ1n) is 5.60. The van der Waals surface area contributed by atoms with Gasteiger partial charge in [-0.15, -0.1) is 0 Å². The summed E-state index contributed by atoms with van der Waals surface area (Å²) in [4.78, 5) is 2.05. The van der Waals surface area contributed by atoms with Gasteiger partial charge in [0, 0.05) is 11.6 Å². The molecule has 1 aromatic rings. The van der Waals surface area contributed by atoms with Crippen LogP contribution in [0.4, 0.5) is 8.78 Å². The van der Waals surface area contributed by atoms with E-state index in [2.05, 4.69) is 24.1 Å². The van der Waals surface area contributed by atoms with Gasteiger partial charge in [0.25, 0.3) is 0 Å². The number of rotatable bonds is 4. The first-order chi connectivity index (χ1) is 7.80. The molecule has 0 heterocycles. The highest BCUT2D eigenvalue weighted by Gasteiger charge is 2.32. The van der Waals surface area contributed by atoms with Gasteiger partial charge in [-0.25, -0.2) is 8.78 Å². The van der Waals surface area contributed by atoms with Crippen molar-refractivity contribution in [1.82, 2.24) is 10.2 Å². The molecule has 1 rings (SSSR count). The lowest BCUT2D eigenvalue weighted by Gasteiger charge is -2.40. The van der Waals surface area contributed by atoms with Crippen LogP contribution in [-0.2, 0) is 0 Å². The molecule has 96 valence electrons. The van der Waals surface area contributed by atoms with E-state index in [0.29, 0.717) is 0 Å². The molecule has 0 saturated heterocycles. The number of likely N-dealkylation sites (N-methyl/N-ethyl adjacent to an activating group) is 2. The lowest BCUT2D eigenvalue weighted by atomic mass is 9.87. The van der Waals surface area contributed by atoms with E-state index in [1.165, 1.54) is 12.1 Å². The van der Waals surface area contributed by atoms with Gasteiger partial charge in [-0.2, -0.15) is 0 Å². The van der Waals surface area contributed by atoms with E-state index >= 15 is 0 Å². The smallest absolute Gasteiger partial charge is 0.159 e. The molecule has 0 saturated carbocycles. The van der Waals surface area contributed by atoms with Gasteiger partial charge in [-0.1, -0.05) is 6.07 Å². The number of nitrogens with one attached hydrogen (secondary N) is 1. The van der Waals surface area contributed by atoms with Crippen molar-refractivity contribution in [3.05, 3.63) is 35.4 Å². The lowest BCUT2D eigenvalue weighted by Crippen LogP contribution is -2.48. The van der Waals surface area contributed by atoms with E-state index < -0.39 is 11.6 Å². The Morgan fingerprint density at radius 1 is 1.18 bits per heavy atom. The van der Waals surface area contributed by atoms with Crippen molar-refractivity contribution in [2.45, 2.75) is 25.4 Å². The third-order valence-corrected chi connectivity index (χ3v) is 3.42. The largest absolute Gasteiger partial charge is 0.311 e. The minimum absolute atomic E-state index is 0.0763. The van der Waals surface area contributed by atoms with Gasteiger partial charge < -0.3 is 10.2 Å². The molecule has 0 aliphatic heterocycles. The van der Waals surface area contributed by atoms with Gasteiger partial charge in [0.2, 0.25) is 0 Å². The van der Waals surface area contributed by atoms with Crippen molar-refractivity contribution < 1.29 is 8.78 Å². The van der Waals surface area contributed by atoms with Gasteiger partial charge in [-0.3, -0.25) is 0 Å². The second-order valence-corrected chi connectivity index (χ2v) is 4.94. The molecule has 0 fully saturated rings. The van der Waals surface area contributed by atoms with Crippen LogP contribution in [0, 0.1) is 11.6 Å². The Morgan fingerprint density at radius 2 is 1.76 bits per heavy atom. The monoisotopic (exact) mass is 242 g/mol. The number of hydrogen-bond donors (Lipinski definition) is 1. The predicted octanol–water partition coefficient (Wildman–Crippen LogP) is 2.57. The summed E-state index contributed by atoms with van der Waals surface area (Å²) in [5.41, 5.74) is 0.532. The Labute approximate surface area is 102 Å². The molecule has 4 heteroatoms. The summed E-state index contributed by atoms with van der Waals surface area (Å²) in [6, 6.07) is 3.96. The van der Waals surface area contributed by atoms with Gasteiger partial charge in [0.05, 0.1) is 0 Å². The molecule has 1 aromatic carbocycles. The van der Waals surface area contributed by atoms with Crippen LogP contribution in [-0.4, -0.2) is 31.6 Å². The van der Waals surface area contributed by atoms with Crippen molar-refractivity contribution in [3.63, 3.8) is 0 Å². The van der Waals surface area contributed by atoms with Crippen molar-refractivity contribution in [3.8, 4) is 0 Å². The molecule has 0 spiro atoms. The van der Waals surface area contributed by atoms with E-state index in [-0.39, 0.29) is 11.6 Å². The Hall–Kier alpha value is -1.00. The van der Waals surface area contributed by atoms with Crippen LogP contribution in [0.1, 0.15) is 25.5 Å². The van der Waals surface area contributed by atoms with Gasteiger partial charge in [0.1, 0.15) is 0 Å². The fourth-order valence-corrected chi connectivity index (χ4v) is 1.88. The number of nitrogens with zero attached hydrogens (tertiary/aromatic N) is 1. The summed E-state index contributed by atoms with van der Waals surface area (Å²) >= 11 is 0. The molecule has 0 bridgehead atoms. The van der Waals surface area contributed by atoms with E-state index in [4.69, 9.17) is 0 Å². The fraction of sp³-hybridized carbons (Fsp3) is 0.538. The first kappa shape index (κ1) is 14.1. The molecule has 1 N–H and O–H groups in total. The molecule has 17 heavy (non-hydrogen) atoms. The van der Waals surface area contributed by atoms with Crippen LogP contribution in [0.3, 0.4) is 0 Å². The molecular weight excluding hydrogens is 222 g/mol. The van der Waals surface area contributed by atoms with Crippen molar-refractivity contribution in [2.24, 2.45) is 0 Å². The zero-order valence-corrected chi connectivity index (χ0v) is 11.0. The van der Waals surface area contributed by atoms with Crippen LogP contribution in [0.2, 0.25) is 0 Å². The Morgan fingerprint density at radius 3 is 2.18 bits per heavy atom. The van der Waals surface area contributed by atoms with Crippen molar-refractivity contribution >= 4 is 0 Å². The van der Waals surface area contributed by atoms with E-state index in [1.807, 2.05) is 21.1 Å². The summed E-state index contributed by atoms with van der Waals surface area (Å²) in [5, 5.41) is 3.16. The topological polar surface area (TPSA) is 15.3 Å². The lowest BCUT2D eigenvalue weighted by molar-refractivity contribution is 0.142. The predicted molar refractivity (Wildman–Crippen MR) is 65.9 cm³/mol. The normalized spacial score (nSPS) is 14.1. The zero-order chi connectivity index (χ0) is 13.2. The Kier molecular flexibility index (Phi) is 4.22. The number of hydrogen-bond acceptors (Lipinski definition) is 2. The summed E-state index contributed by atoms with van der Waals surface area (Å²) < 4.78 is 26.2. The van der Waals surface area contributed by atoms with Crippen LogP contribution < -0.4 is 5.32 Å². The highest BCUT2D eigenvalue weighted by molar-refractivity contribution is 5.24. The SMILES string of the molecule is CNC(c1ccc(F)c(F)c1)C(C)(C)N(C)C. The standard InChI is InChI=1S/C13H20F2N2/c1-13(2,17(4)5)12(16-3)9-6-7-10(14)11(15)8-9/h6-8,12,16H,1-5H3. The first-order valence-corrected chi connectivity index (χ1v) is 5.60. The highest BCUT2D eigenvalue weighted by Crippen LogP contribution is 2.29. The number of halogens is 2. The van der Waals surface area contributed by atoms with Crippen molar-refractivity contribution in [2.75, 3.05) is 21.1 Å². The zero-order valence-electron chi connectivity index (χ0n) is 11.0. The minimum atomic E-state index is -0.814. The van der Waals surface area contributed by atoms with E-state index in [0.717, 1.165) is 5.56 Å². The average Bonchev–Trinajstić information content (AvgIpc) is 2.23. The summed E-state index contributed by atoms with van der Waals surface area (Å²) in [5.74, 6) is -1.62. The molecule has 0 aliphatic carbocycles. The van der Waals surface area contributed by atoms with Crippen LogP contribution >= 0.6 is 0 Å². The summed E-state index contributed by atoms with van der Waals surface area (Å²) in [6.45, 7) is 4.10. The third kappa shape index (κ3) is 2.82. The maximum Gasteiger partial charge on any atom is 0.159 e. The molecule has 2 nitrogen and oxygen atoms in total. The molecule has 0 aromatic heterocycles. The van der Waals surface area contributed by atoms with E-state index in [1.54, 1.807) is 6.07 Å². The molecule has 0 radical (unpaired) electrons. The highest BCUT2D eigenvalue weighted by atomic mass is 19.2. The summed E-state index contributed by atoms with van der Waals surface area (Å²) in [7, 11) is 5.74. The minimum Gasteiger partial charge on any atom is -0.311 e. The Balaban J connectivity index is 3.14. The van der Waals surface area contributed by atoms with Crippen LogP contribution in [0.5, 0.6) is 0 Å². The number of benzene rings is 1. The Bertz CT molecular complexity index is 389. The maximum atomic E-state index is 13.2. The molecule has 1 atom stereocenters. The van der Waals surface area contributed by atoms with E-state index in [9.17, 15) is 8.78 Å². The van der Waals surface area contributed by atoms with Gasteiger partial charge >= 0.3 is 0 Å². The summed E-state index contributed by atoms with van der Waals surface area (Å²) in [6.07, 6.45) is 0. The average molecular weight is 242 g/mol. The van der Waals surface area contributed by atoms with Crippen LogP contribution in [0.15, 0.2) is 18.2 Å². The third-order valence-electron chi connectivity index (χ3n) is 3.42. The quantitative estimate of drug-likeness (QED) is 0.873. The second-order valence-electron chi connectivity index (χ2n) is 4.94. The maximum absolute atomic E-state index is 13.2. The van der Waals surface area contributed by atoms with Crippen LogP contribution in [0.25, 0.3) is 0 Å². The van der Waals surface area contributed by atoms with Gasteiger partial charge in [0.15, 0.2) is 11.6 Å². The molecule has 0 aliphatic rings. The van der Waals surface area contributed by atoms with Crippen molar-refractivity contribution in [1.29, 1.82) is 0 Å².